The van der Waals surface area contributed by atoms with Gasteiger partial charge >= 0.3 is 11.8 Å². The fourth-order valence-electron chi connectivity index (χ4n) is 3.75. The number of amides is 2. The fourth-order valence-corrected chi connectivity index (χ4v) is 3.75. The third kappa shape index (κ3) is 5.40. The monoisotopic (exact) mass is 493 g/mol. The average molecular weight is 494 g/mol. The van der Waals surface area contributed by atoms with Crippen LogP contribution in [0.25, 0.3) is 10.9 Å². The third-order valence-electron chi connectivity index (χ3n) is 5.54. The Morgan fingerprint density at radius 2 is 1.64 bits per heavy atom. The van der Waals surface area contributed by atoms with Crippen LogP contribution in [0.4, 0.5) is 0 Å². The summed E-state index contributed by atoms with van der Waals surface area (Å²) in [5.74, 6) is 0.569. The molecule has 0 radical (unpaired) electrons. The van der Waals surface area contributed by atoms with Crippen LogP contribution in [0, 0.1) is 0 Å². The molecule has 0 aliphatic carbocycles. The lowest BCUT2D eigenvalue weighted by molar-refractivity contribution is 0.0898. The number of hydrogen-bond donors (Lipinski definition) is 2. The van der Waals surface area contributed by atoms with Crippen LogP contribution in [-0.4, -0.2) is 60.9 Å². The van der Waals surface area contributed by atoms with Crippen LogP contribution >= 0.6 is 0 Å². The van der Waals surface area contributed by atoms with Gasteiger partial charge in [0.15, 0.2) is 17.3 Å². The van der Waals surface area contributed by atoms with Crippen molar-refractivity contribution < 1.29 is 28.3 Å². The Kier molecular flexibility index (Phi) is 7.69. The minimum Gasteiger partial charge on any atom is -0.493 e. The minimum absolute atomic E-state index is 0.127. The number of carbonyl (C=O) groups excluding carboxylic acids is 2. The molecule has 188 valence electrons. The van der Waals surface area contributed by atoms with E-state index in [-0.39, 0.29) is 24.9 Å². The van der Waals surface area contributed by atoms with Crippen molar-refractivity contribution in [1.82, 2.24) is 25.3 Å². The smallest absolute Gasteiger partial charge is 0.315 e. The number of aromatic nitrogens is 3. The number of hydrogen-bond acceptors (Lipinski definition) is 8. The first kappa shape index (κ1) is 24.6. The Bertz CT molecular complexity index is 1340. The molecule has 0 aliphatic heterocycles. The Hall–Kier alpha value is -4.54. The summed E-state index contributed by atoms with van der Waals surface area (Å²) < 4.78 is 23.0. The van der Waals surface area contributed by atoms with E-state index < -0.39 is 5.91 Å². The van der Waals surface area contributed by atoms with Gasteiger partial charge in [-0.3, -0.25) is 9.59 Å². The van der Waals surface area contributed by atoms with Gasteiger partial charge in [0.05, 0.1) is 21.3 Å². The summed E-state index contributed by atoms with van der Waals surface area (Å²) in [7, 11) is 4.43. The first-order chi connectivity index (χ1) is 17.5. The standard InChI is InChI=1S/C25H27N5O6/c1-33-19-14-17(15-20(34-2)22(19)35-3)23(31)26-10-11-27-24(32)25-28-21(29-36-25)9-13-30-12-8-16-6-4-5-7-18(16)30/h4-8,12,14-15H,9-11,13H2,1-3H3,(H,26,31)(H,27,32). The van der Waals surface area contributed by atoms with Crippen molar-refractivity contribution in [2.24, 2.45) is 0 Å². The highest BCUT2D eigenvalue weighted by molar-refractivity contribution is 5.95. The molecule has 2 N–H and O–H groups in total. The van der Waals surface area contributed by atoms with Crippen molar-refractivity contribution >= 4 is 22.7 Å². The van der Waals surface area contributed by atoms with Gasteiger partial charge in [-0.15, -0.1) is 0 Å². The van der Waals surface area contributed by atoms with Gasteiger partial charge in [0, 0.05) is 43.3 Å². The van der Waals surface area contributed by atoms with Crippen LogP contribution in [-0.2, 0) is 13.0 Å². The molecule has 0 spiro atoms. The quantitative estimate of drug-likeness (QED) is 0.305. The van der Waals surface area contributed by atoms with Gasteiger partial charge in [-0.05, 0) is 29.7 Å². The zero-order chi connectivity index (χ0) is 25.5. The van der Waals surface area contributed by atoms with Crippen LogP contribution in [0.1, 0.15) is 26.9 Å². The molecule has 2 amide bonds. The maximum Gasteiger partial charge on any atom is 0.315 e. The number of para-hydroxylation sites is 1. The number of methoxy groups -OCH3 is 3. The first-order valence-electron chi connectivity index (χ1n) is 11.3. The number of rotatable bonds is 11. The molecule has 4 rings (SSSR count). The minimum atomic E-state index is -0.512. The Balaban J connectivity index is 1.25. The Labute approximate surface area is 207 Å². The number of aryl methyl sites for hydroxylation is 2. The van der Waals surface area contributed by atoms with Crippen LogP contribution < -0.4 is 24.8 Å². The van der Waals surface area contributed by atoms with Crippen molar-refractivity contribution in [3.05, 3.63) is 65.9 Å². The van der Waals surface area contributed by atoms with E-state index in [0.29, 0.717) is 41.6 Å². The molecule has 0 saturated carbocycles. The van der Waals surface area contributed by atoms with Crippen molar-refractivity contribution in [3.63, 3.8) is 0 Å². The van der Waals surface area contributed by atoms with E-state index in [0.717, 1.165) is 10.9 Å². The maximum atomic E-state index is 12.5. The predicted molar refractivity (Wildman–Crippen MR) is 131 cm³/mol. The maximum absolute atomic E-state index is 12.5. The lowest BCUT2D eigenvalue weighted by Crippen LogP contribution is -2.34. The summed E-state index contributed by atoms with van der Waals surface area (Å²) in [4.78, 5) is 29.1. The molecule has 11 heteroatoms. The summed E-state index contributed by atoms with van der Waals surface area (Å²) in [5, 5.41) is 10.4. The normalized spacial score (nSPS) is 10.8. The highest BCUT2D eigenvalue weighted by Gasteiger charge is 2.18. The molecule has 0 aliphatic rings. The molecule has 2 heterocycles. The van der Waals surface area contributed by atoms with E-state index in [1.165, 1.54) is 21.3 Å². The van der Waals surface area contributed by atoms with Crippen LogP contribution in [0.5, 0.6) is 17.2 Å². The molecule has 0 unspecified atom stereocenters. The molecule has 4 aromatic rings. The van der Waals surface area contributed by atoms with E-state index in [2.05, 4.69) is 31.4 Å². The summed E-state index contributed by atoms with van der Waals surface area (Å²) in [6.45, 7) is 1.01. The lowest BCUT2D eigenvalue weighted by atomic mass is 10.1. The average Bonchev–Trinajstić information content (AvgIpc) is 3.56. The largest absolute Gasteiger partial charge is 0.493 e. The summed E-state index contributed by atoms with van der Waals surface area (Å²) >= 11 is 0. The third-order valence-corrected chi connectivity index (χ3v) is 5.54. The van der Waals surface area contributed by atoms with Crippen molar-refractivity contribution in [2.75, 3.05) is 34.4 Å². The number of benzene rings is 2. The Morgan fingerprint density at radius 1 is 0.944 bits per heavy atom. The van der Waals surface area contributed by atoms with Crippen LogP contribution in [0.2, 0.25) is 0 Å². The van der Waals surface area contributed by atoms with Gasteiger partial charge in [-0.25, -0.2) is 0 Å². The summed E-state index contributed by atoms with van der Waals surface area (Å²) in [5.41, 5.74) is 1.44. The number of carbonyl (C=O) groups is 2. The number of ether oxygens (including phenoxy) is 3. The predicted octanol–water partition coefficient (Wildman–Crippen LogP) is 2.45. The molecule has 0 bridgehead atoms. The highest BCUT2D eigenvalue weighted by Crippen LogP contribution is 2.38. The fraction of sp³-hybridized carbons (Fsp3) is 0.280. The van der Waals surface area contributed by atoms with Gasteiger partial charge < -0.3 is 33.9 Å². The molecule has 0 fully saturated rings. The molecular weight excluding hydrogens is 466 g/mol. The molecule has 0 atom stereocenters. The zero-order valence-corrected chi connectivity index (χ0v) is 20.2. The van der Waals surface area contributed by atoms with E-state index in [1.807, 2.05) is 30.5 Å². The number of nitrogens with zero attached hydrogens (tertiary/aromatic N) is 3. The van der Waals surface area contributed by atoms with Gasteiger partial charge in [0.2, 0.25) is 5.75 Å². The van der Waals surface area contributed by atoms with Crippen LogP contribution in [0.3, 0.4) is 0 Å². The second-order valence-corrected chi connectivity index (χ2v) is 7.76. The molecule has 2 aromatic heterocycles. The van der Waals surface area contributed by atoms with Gasteiger partial charge in [0.1, 0.15) is 0 Å². The summed E-state index contributed by atoms with van der Waals surface area (Å²) in [6, 6.07) is 13.2. The van der Waals surface area contributed by atoms with Gasteiger partial charge in [-0.1, -0.05) is 23.4 Å². The number of fused-ring (bicyclic) bond motifs is 1. The zero-order valence-electron chi connectivity index (χ0n) is 20.2. The molecule has 0 saturated heterocycles. The first-order valence-corrected chi connectivity index (χ1v) is 11.3. The second kappa shape index (κ2) is 11.3. The molecule has 36 heavy (non-hydrogen) atoms. The van der Waals surface area contributed by atoms with Crippen molar-refractivity contribution in [3.8, 4) is 17.2 Å². The van der Waals surface area contributed by atoms with E-state index in [4.69, 9.17) is 18.7 Å². The van der Waals surface area contributed by atoms with E-state index >= 15 is 0 Å². The van der Waals surface area contributed by atoms with E-state index in [1.54, 1.807) is 12.1 Å². The molecular formula is C25H27N5O6. The SMILES string of the molecule is COc1cc(C(=O)NCCNC(=O)c2nc(CCn3ccc4ccccc43)no2)cc(OC)c1OC. The molecule has 11 nitrogen and oxygen atoms in total. The lowest BCUT2D eigenvalue weighted by Gasteiger charge is -2.14. The van der Waals surface area contributed by atoms with Crippen molar-refractivity contribution in [1.29, 1.82) is 0 Å². The molecule has 2 aromatic carbocycles. The Morgan fingerprint density at radius 3 is 2.33 bits per heavy atom. The van der Waals surface area contributed by atoms with Gasteiger partial charge in [-0.2, -0.15) is 4.98 Å². The second-order valence-electron chi connectivity index (χ2n) is 7.76. The van der Waals surface area contributed by atoms with E-state index in [9.17, 15) is 9.59 Å². The summed E-state index contributed by atoms with van der Waals surface area (Å²) in [6.07, 6.45) is 2.52. The van der Waals surface area contributed by atoms with Crippen molar-refractivity contribution in [2.45, 2.75) is 13.0 Å². The topological polar surface area (TPSA) is 130 Å². The van der Waals surface area contributed by atoms with Gasteiger partial charge in [0.25, 0.3) is 5.91 Å². The highest BCUT2D eigenvalue weighted by atomic mass is 16.5. The number of nitrogens with one attached hydrogen (secondary N) is 2. The van der Waals surface area contributed by atoms with Crippen LogP contribution in [0.15, 0.2) is 53.2 Å².